The highest BCUT2D eigenvalue weighted by Crippen LogP contribution is 2.30. The lowest BCUT2D eigenvalue weighted by molar-refractivity contribution is 0.0887. The summed E-state index contributed by atoms with van der Waals surface area (Å²) < 4.78 is 0. The van der Waals surface area contributed by atoms with Crippen LogP contribution in [0, 0.1) is 11.3 Å². The maximum atomic E-state index is 9.12. The summed E-state index contributed by atoms with van der Waals surface area (Å²) in [4.78, 5) is 0. The van der Waals surface area contributed by atoms with Gasteiger partial charge in [-0.1, -0.05) is 0 Å². The third-order valence-electron chi connectivity index (χ3n) is 2.83. The molecule has 1 rings (SSSR count). The summed E-state index contributed by atoms with van der Waals surface area (Å²) in [5.41, 5.74) is 0.0344. The van der Waals surface area contributed by atoms with E-state index in [1.165, 1.54) is 6.42 Å². The van der Waals surface area contributed by atoms with Gasteiger partial charge in [0.05, 0.1) is 12.7 Å². The molecule has 0 aromatic carbocycles. The van der Waals surface area contributed by atoms with E-state index >= 15 is 0 Å². The van der Waals surface area contributed by atoms with E-state index in [0.717, 1.165) is 32.2 Å². The molecule has 0 spiro atoms. The zero-order chi connectivity index (χ0) is 9.57. The van der Waals surface area contributed by atoms with Crippen LogP contribution in [0.5, 0.6) is 0 Å². The quantitative estimate of drug-likeness (QED) is 0.606. The first kappa shape index (κ1) is 10.5. The highest BCUT2D eigenvalue weighted by Gasteiger charge is 2.35. The van der Waals surface area contributed by atoms with Gasteiger partial charge in [0.1, 0.15) is 0 Å². The van der Waals surface area contributed by atoms with Crippen molar-refractivity contribution in [2.75, 3.05) is 13.2 Å². The SMILES string of the molecule is N#CCCCCNC1(CO)CCC1. The number of aliphatic hydroxyl groups is 1. The van der Waals surface area contributed by atoms with Crippen molar-refractivity contribution < 1.29 is 5.11 Å². The lowest BCUT2D eigenvalue weighted by Gasteiger charge is -2.41. The fourth-order valence-corrected chi connectivity index (χ4v) is 1.68. The lowest BCUT2D eigenvalue weighted by Crippen LogP contribution is -2.54. The molecule has 0 saturated heterocycles. The Morgan fingerprint density at radius 2 is 2.15 bits per heavy atom. The van der Waals surface area contributed by atoms with Gasteiger partial charge in [-0.2, -0.15) is 5.26 Å². The second kappa shape index (κ2) is 5.21. The van der Waals surface area contributed by atoms with Crippen LogP contribution in [0.2, 0.25) is 0 Å². The van der Waals surface area contributed by atoms with Crippen molar-refractivity contribution in [1.82, 2.24) is 5.32 Å². The summed E-state index contributed by atoms with van der Waals surface area (Å²) in [6.07, 6.45) is 6.07. The van der Waals surface area contributed by atoms with Gasteiger partial charge in [-0.05, 0) is 38.6 Å². The Labute approximate surface area is 79.8 Å². The smallest absolute Gasteiger partial charge is 0.0621 e. The van der Waals surface area contributed by atoms with E-state index < -0.39 is 0 Å². The molecule has 0 aromatic rings. The number of aliphatic hydroxyl groups excluding tert-OH is 1. The third kappa shape index (κ3) is 2.98. The summed E-state index contributed by atoms with van der Waals surface area (Å²) in [5.74, 6) is 0. The summed E-state index contributed by atoms with van der Waals surface area (Å²) in [5, 5.41) is 20.8. The molecular weight excluding hydrogens is 164 g/mol. The van der Waals surface area contributed by atoms with Crippen molar-refractivity contribution in [3.8, 4) is 6.07 Å². The maximum Gasteiger partial charge on any atom is 0.0621 e. The van der Waals surface area contributed by atoms with Crippen molar-refractivity contribution in [3.63, 3.8) is 0 Å². The Balaban J connectivity index is 2.01. The molecule has 1 saturated carbocycles. The van der Waals surface area contributed by atoms with E-state index in [2.05, 4.69) is 11.4 Å². The molecule has 74 valence electrons. The summed E-state index contributed by atoms with van der Waals surface area (Å²) in [7, 11) is 0. The van der Waals surface area contributed by atoms with Gasteiger partial charge >= 0.3 is 0 Å². The van der Waals surface area contributed by atoms with Gasteiger partial charge in [0, 0.05) is 12.0 Å². The summed E-state index contributed by atoms with van der Waals surface area (Å²) >= 11 is 0. The van der Waals surface area contributed by atoms with E-state index in [-0.39, 0.29) is 12.1 Å². The van der Waals surface area contributed by atoms with Gasteiger partial charge in [0.15, 0.2) is 0 Å². The highest BCUT2D eigenvalue weighted by molar-refractivity contribution is 4.95. The number of nitriles is 1. The number of nitrogens with one attached hydrogen (secondary N) is 1. The number of hydrogen-bond acceptors (Lipinski definition) is 3. The van der Waals surface area contributed by atoms with Gasteiger partial charge in [0.25, 0.3) is 0 Å². The van der Waals surface area contributed by atoms with Crippen LogP contribution in [0.3, 0.4) is 0 Å². The Kier molecular flexibility index (Phi) is 4.20. The molecule has 1 aliphatic carbocycles. The van der Waals surface area contributed by atoms with Crippen LogP contribution < -0.4 is 5.32 Å². The molecule has 1 aliphatic rings. The summed E-state index contributed by atoms with van der Waals surface area (Å²) in [6.45, 7) is 1.19. The number of hydrogen-bond donors (Lipinski definition) is 2. The molecule has 1 fully saturated rings. The molecular formula is C10H18N2O. The minimum Gasteiger partial charge on any atom is -0.394 e. The minimum absolute atomic E-state index is 0.0344. The Morgan fingerprint density at radius 1 is 1.38 bits per heavy atom. The maximum absolute atomic E-state index is 9.12. The topological polar surface area (TPSA) is 56.0 Å². The van der Waals surface area contributed by atoms with Crippen LogP contribution in [0.25, 0.3) is 0 Å². The first-order valence-corrected chi connectivity index (χ1v) is 5.06. The van der Waals surface area contributed by atoms with Crippen LogP contribution in [0.15, 0.2) is 0 Å². The molecule has 0 unspecified atom stereocenters. The third-order valence-corrected chi connectivity index (χ3v) is 2.83. The zero-order valence-corrected chi connectivity index (χ0v) is 8.05. The Morgan fingerprint density at radius 3 is 2.62 bits per heavy atom. The molecule has 0 amide bonds. The first-order valence-electron chi connectivity index (χ1n) is 5.06. The van der Waals surface area contributed by atoms with Gasteiger partial charge in [0.2, 0.25) is 0 Å². The molecule has 0 atom stereocenters. The second-order valence-electron chi connectivity index (χ2n) is 3.83. The highest BCUT2D eigenvalue weighted by atomic mass is 16.3. The van der Waals surface area contributed by atoms with Crippen LogP contribution in [0.4, 0.5) is 0 Å². The van der Waals surface area contributed by atoms with Crippen molar-refractivity contribution >= 4 is 0 Å². The molecule has 0 aromatic heterocycles. The molecule has 13 heavy (non-hydrogen) atoms. The van der Waals surface area contributed by atoms with E-state index in [4.69, 9.17) is 10.4 Å². The molecule has 2 N–H and O–H groups in total. The molecule has 0 aliphatic heterocycles. The Bertz CT molecular complexity index is 176. The second-order valence-corrected chi connectivity index (χ2v) is 3.83. The van der Waals surface area contributed by atoms with Crippen molar-refractivity contribution in [2.45, 2.75) is 44.1 Å². The largest absolute Gasteiger partial charge is 0.394 e. The van der Waals surface area contributed by atoms with Gasteiger partial charge in [-0.15, -0.1) is 0 Å². The standard InChI is InChI=1S/C10H18N2O/c11-7-2-1-3-8-12-10(9-13)5-4-6-10/h12-13H,1-6,8-9H2. The predicted molar refractivity (Wildman–Crippen MR) is 51.1 cm³/mol. The van der Waals surface area contributed by atoms with Gasteiger partial charge < -0.3 is 10.4 Å². The van der Waals surface area contributed by atoms with Crippen molar-refractivity contribution in [2.24, 2.45) is 0 Å². The molecule has 3 nitrogen and oxygen atoms in total. The first-order chi connectivity index (χ1) is 6.33. The van der Waals surface area contributed by atoms with E-state index in [1.807, 2.05) is 0 Å². The van der Waals surface area contributed by atoms with E-state index in [9.17, 15) is 0 Å². The fraction of sp³-hybridized carbons (Fsp3) is 0.900. The van der Waals surface area contributed by atoms with Crippen LogP contribution in [-0.2, 0) is 0 Å². The summed E-state index contributed by atoms with van der Waals surface area (Å²) in [6, 6.07) is 2.13. The van der Waals surface area contributed by atoms with Crippen molar-refractivity contribution in [1.29, 1.82) is 5.26 Å². The van der Waals surface area contributed by atoms with Crippen LogP contribution in [-0.4, -0.2) is 23.8 Å². The number of nitrogens with zero attached hydrogens (tertiary/aromatic N) is 1. The van der Waals surface area contributed by atoms with E-state index in [1.54, 1.807) is 0 Å². The average molecular weight is 182 g/mol. The van der Waals surface area contributed by atoms with E-state index in [0.29, 0.717) is 6.42 Å². The number of unbranched alkanes of at least 4 members (excludes halogenated alkanes) is 2. The zero-order valence-electron chi connectivity index (χ0n) is 8.05. The minimum atomic E-state index is 0.0344. The molecule has 0 radical (unpaired) electrons. The lowest BCUT2D eigenvalue weighted by atomic mass is 9.77. The van der Waals surface area contributed by atoms with Crippen LogP contribution >= 0.6 is 0 Å². The average Bonchev–Trinajstić information content (AvgIpc) is 2.09. The van der Waals surface area contributed by atoms with Gasteiger partial charge in [-0.25, -0.2) is 0 Å². The molecule has 0 bridgehead atoms. The monoisotopic (exact) mass is 182 g/mol. The molecule has 3 heteroatoms. The molecule has 0 heterocycles. The Hall–Kier alpha value is -0.590. The fourth-order valence-electron chi connectivity index (χ4n) is 1.68. The van der Waals surface area contributed by atoms with Crippen molar-refractivity contribution in [3.05, 3.63) is 0 Å². The van der Waals surface area contributed by atoms with Gasteiger partial charge in [-0.3, -0.25) is 0 Å². The predicted octanol–water partition coefficient (Wildman–Crippen LogP) is 1.18. The number of rotatable bonds is 6. The van der Waals surface area contributed by atoms with Crippen LogP contribution in [0.1, 0.15) is 38.5 Å². The normalized spacial score (nSPS) is 19.1.